The third-order valence-electron chi connectivity index (χ3n) is 5.43. The maximum absolute atomic E-state index is 14.8. The predicted octanol–water partition coefficient (Wildman–Crippen LogP) is 3.95. The molecule has 0 radical (unpaired) electrons. The molecular formula is C22H24FNO6. The lowest BCUT2D eigenvalue weighted by Crippen LogP contribution is -2.31. The number of fused-ring (bicyclic) bond motifs is 3. The first-order chi connectivity index (χ1) is 14.5. The van der Waals surface area contributed by atoms with Gasteiger partial charge < -0.3 is 23.9 Å². The van der Waals surface area contributed by atoms with E-state index in [4.69, 9.17) is 14.2 Å². The highest BCUT2D eigenvalue weighted by Gasteiger charge is 2.36. The number of methoxy groups -OCH3 is 1. The van der Waals surface area contributed by atoms with Crippen LogP contribution in [0.5, 0.6) is 11.5 Å². The maximum atomic E-state index is 14.8. The van der Waals surface area contributed by atoms with Crippen LogP contribution in [0.2, 0.25) is 0 Å². The minimum absolute atomic E-state index is 0.0747. The Morgan fingerprint density at radius 2 is 2.07 bits per heavy atom. The Morgan fingerprint density at radius 3 is 2.70 bits per heavy atom. The lowest BCUT2D eigenvalue weighted by Gasteiger charge is -2.31. The van der Waals surface area contributed by atoms with Crippen molar-refractivity contribution in [1.29, 1.82) is 0 Å². The molecule has 1 aromatic carbocycles. The van der Waals surface area contributed by atoms with Gasteiger partial charge >= 0.3 is 5.97 Å². The van der Waals surface area contributed by atoms with Crippen LogP contribution in [0.15, 0.2) is 23.0 Å². The summed E-state index contributed by atoms with van der Waals surface area (Å²) in [6, 6.07) is 4.12. The fraction of sp³-hybridized carbons (Fsp3) is 0.455. The number of halogens is 1. The minimum atomic E-state index is -1.27. The molecular weight excluding hydrogens is 393 g/mol. The number of aromatic carboxylic acids is 1. The molecule has 1 aromatic heterocycles. The number of benzene rings is 1. The third kappa shape index (κ3) is 3.56. The first-order valence-electron chi connectivity index (χ1n) is 10.1. The number of hydrogen-bond acceptors (Lipinski definition) is 5. The van der Waals surface area contributed by atoms with Crippen molar-refractivity contribution in [2.75, 3.05) is 20.3 Å². The van der Waals surface area contributed by atoms with E-state index < -0.39 is 23.4 Å². The van der Waals surface area contributed by atoms with Crippen LogP contribution < -0.4 is 15.0 Å². The summed E-state index contributed by atoms with van der Waals surface area (Å²) in [7, 11) is 1.59. The van der Waals surface area contributed by atoms with E-state index in [2.05, 4.69) is 0 Å². The van der Waals surface area contributed by atoms with Crippen molar-refractivity contribution in [3.63, 3.8) is 0 Å². The smallest absolute Gasteiger partial charge is 0.341 e. The average Bonchev–Trinajstić information content (AvgIpc) is 3.55. The van der Waals surface area contributed by atoms with Crippen LogP contribution in [0, 0.1) is 5.82 Å². The predicted molar refractivity (Wildman–Crippen MR) is 107 cm³/mol. The standard InChI is InChI=1S/C22H24FNO6/c1-3-17-13-9-15(22(26)27)21(25)24(12-5-6-12)20(13)14-10-16(23)19(11-18(14)30-17)29-8-4-7-28-2/h9-12,17H,3-8H2,1-2H3,(H,26,27). The summed E-state index contributed by atoms with van der Waals surface area (Å²) in [5.74, 6) is -1.34. The summed E-state index contributed by atoms with van der Waals surface area (Å²) < 4.78 is 32.9. The van der Waals surface area contributed by atoms with Crippen LogP contribution in [0.1, 0.15) is 60.7 Å². The lowest BCUT2D eigenvalue weighted by atomic mass is 9.94. The second-order valence-corrected chi connectivity index (χ2v) is 7.56. The Hall–Kier alpha value is -2.87. The molecule has 0 saturated heterocycles. The highest BCUT2D eigenvalue weighted by molar-refractivity contribution is 5.89. The molecule has 1 unspecified atom stereocenters. The van der Waals surface area contributed by atoms with Crippen molar-refractivity contribution >= 4 is 5.97 Å². The molecule has 0 spiro atoms. The third-order valence-corrected chi connectivity index (χ3v) is 5.43. The van der Waals surface area contributed by atoms with Crippen molar-refractivity contribution in [2.45, 2.75) is 44.8 Å². The number of nitrogens with zero attached hydrogens (tertiary/aromatic N) is 1. The van der Waals surface area contributed by atoms with E-state index in [9.17, 15) is 19.1 Å². The molecule has 1 N–H and O–H groups in total. The second-order valence-electron chi connectivity index (χ2n) is 7.56. The number of aromatic nitrogens is 1. The molecule has 1 saturated carbocycles. The van der Waals surface area contributed by atoms with E-state index in [-0.39, 0.29) is 17.4 Å². The number of ether oxygens (including phenoxy) is 3. The molecule has 2 aromatic rings. The highest BCUT2D eigenvalue weighted by Crippen LogP contribution is 2.48. The van der Waals surface area contributed by atoms with Crippen LogP contribution >= 0.6 is 0 Å². The Morgan fingerprint density at radius 1 is 1.30 bits per heavy atom. The zero-order valence-electron chi connectivity index (χ0n) is 16.9. The van der Waals surface area contributed by atoms with E-state index in [0.29, 0.717) is 48.6 Å². The van der Waals surface area contributed by atoms with Crippen molar-refractivity contribution < 1.29 is 28.5 Å². The molecule has 2 heterocycles. The largest absolute Gasteiger partial charge is 0.490 e. The second kappa shape index (κ2) is 8.10. The number of carbonyl (C=O) groups is 1. The van der Waals surface area contributed by atoms with Crippen LogP contribution in [0.3, 0.4) is 0 Å². The summed E-state index contributed by atoms with van der Waals surface area (Å²) in [6.07, 6.45) is 2.31. The molecule has 8 heteroatoms. The highest BCUT2D eigenvalue weighted by atomic mass is 19.1. The van der Waals surface area contributed by atoms with E-state index in [1.165, 1.54) is 22.8 Å². The monoisotopic (exact) mass is 417 g/mol. The molecule has 7 nitrogen and oxygen atoms in total. The number of carboxylic acid groups (broad SMARTS) is 1. The van der Waals surface area contributed by atoms with Gasteiger partial charge in [0.15, 0.2) is 11.6 Å². The molecule has 30 heavy (non-hydrogen) atoms. The van der Waals surface area contributed by atoms with Crippen molar-refractivity contribution in [3.8, 4) is 22.8 Å². The van der Waals surface area contributed by atoms with Gasteiger partial charge in [-0.05, 0) is 31.4 Å². The van der Waals surface area contributed by atoms with E-state index in [0.717, 1.165) is 12.8 Å². The van der Waals surface area contributed by atoms with Gasteiger partial charge in [0.25, 0.3) is 5.56 Å². The van der Waals surface area contributed by atoms with Gasteiger partial charge in [-0.25, -0.2) is 9.18 Å². The van der Waals surface area contributed by atoms with E-state index in [1.54, 1.807) is 7.11 Å². The molecule has 0 amide bonds. The summed E-state index contributed by atoms with van der Waals surface area (Å²) >= 11 is 0. The van der Waals surface area contributed by atoms with Crippen molar-refractivity contribution in [3.05, 3.63) is 45.5 Å². The Bertz CT molecular complexity index is 1040. The first-order valence-corrected chi connectivity index (χ1v) is 10.1. The van der Waals surface area contributed by atoms with Gasteiger partial charge in [-0.2, -0.15) is 0 Å². The average molecular weight is 417 g/mol. The molecule has 1 aliphatic carbocycles. The SMILES string of the molecule is CCC1Oc2cc(OCCCOC)c(F)cc2-c2c1cc(C(=O)O)c(=O)n2C1CC1. The minimum Gasteiger partial charge on any atom is -0.490 e. The lowest BCUT2D eigenvalue weighted by molar-refractivity contribution is 0.0693. The van der Waals surface area contributed by atoms with Gasteiger partial charge in [0.05, 0.1) is 12.3 Å². The number of pyridine rings is 1. The van der Waals surface area contributed by atoms with Crippen LogP contribution in [0.25, 0.3) is 11.3 Å². The van der Waals surface area contributed by atoms with Crippen LogP contribution in [-0.2, 0) is 4.74 Å². The zero-order chi connectivity index (χ0) is 21.4. The van der Waals surface area contributed by atoms with Gasteiger partial charge in [-0.1, -0.05) is 6.92 Å². The number of hydrogen-bond donors (Lipinski definition) is 1. The van der Waals surface area contributed by atoms with E-state index in [1.807, 2.05) is 6.92 Å². The number of rotatable bonds is 8. The van der Waals surface area contributed by atoms with Gasteiger partial charge in [-0.15, -0.1) is 0 Å². The Kier molecular flexibility index (Phi) is 5.51. The van der Waals surface area contributed by atoms with Crippen molar-refractivity contribution in [1.82, 2.24) is 4.57 Å². The fourth-order valence-corrected chi connectivity index (χ4v) is 3.85. The quantitative estimate of drug-likeness (QED) is 0.655. The topological polar surface area (TPSA) is 87.0 Å². The summed E-state index contributed by atoms with van der Waals surface area (Å²) in [4.78, 5) is 24.6. The van der Waals surface area contributed by atoms with Gasteiger partial charge in [0, 0.05) is 43.4 Å². The molecule has 160 valence electrons. The molecule has 4 rings (SSSR count). The zero-order valence-corrected chi connectivity index (χ0v) is 16.9. The van der Waals surface area contributed by atoms with Crippen LogP contribution in [-0.4, -0.2) is 36.0 Å². The first kappa shape index (κ1) is 20.4. The summed E-state index contributed by atoms with van der Waals surface area (Å²) in [6.45, 7) is 2.72. The van der Waals surface area contributed by atoms with Crippen molar-refractivity contribution in [2.24, 2.45) is 0 Å². The summed E-state index contributed by atoms with van der Waals surface area (Å²) in [5, 5.41) is 9.51. The normalized spacial score (nSPS) is 17.1. The molecule has 1 aliphatic heterocycles. The molecule has 2 aliphatic rings. The Labute approximate surface area is 173 Å². The molecule has 1 atom stereocenters. The van der Waals surface area contributed by atoms with Crippen LogP contribution in [0.4, 0.5) is 4.39 Å². The summed E-state index contributed by atoms with van der Waals surface area (Å²) in [5.41, 5.74) is 0.737. The Balaban J connectivity index is 1.85. The maximum Gasteiger partial charge on any atom is 0.341 e. The fourth-order valence-electron chi connectivity index (χ4n) is 3.85. The van der Waals surface area contributed by atoms with Gasteiger partial charge in [-0.3, -0.25) is 4.79 Å². The molecule has 1 fully saturated rings. The molecule has 0 bridgehead atoms. The number of carboxylic acids is 1. The van der Waals surface area contributed by atoms with E-state index >= 15 is 0 Å². The van der Waals surface area contributed by atoms with Gasteiger partial charge in [0.1, 0.15) is 17.4 Å². The van der Waals surface area contributed by atoms with Gasteiger partial charge in [0.2, 0.25) is 0 Å².